The molecular weight excluding hydrogens is 288 g/mol. The number of rotatable bonds is 6. The molecule has 2 aliphatic heterocycles. The van der Waals surface area contributed by atoms with E-state index in [2.05, 4.69) is 27.8 Å². The van der Waals surface area contributed by atoms with Gasteiger partial charge in [0.15, 0.2) is 0 Å². The Morgan fingerprint density at radius 2 is 1.96 bits per heavy atom. The second-order valence-corrected chi connectivity index (χ2v) is 7.60. The zero-order valence-electron chi connectivity index (χ0n) is 14.2. The van der Waals surface area contributed by atoms with Crippen molar-refractivity contribution in [3.05, 3.63) is 24.0 Å². The third kappa shape index (κ3) is 4.17. The van der Waals surface area contributed by atoms with Crippen LogP contribution in [0.3, 0.4) is 0 Å². The Kier molecular flexibility index (Phi) is 5.02. The molecule has 128 valence electrons. The second kappa shape index (κ2) is 7.37. The summed E-state index contributed by atoms with van der Waals surface area (Å²) in [7, 11) is 0. The number of aromatic nitrogens is 1. The molecule has 0 N–H and O–H groups in total. The van der Waals surface area contributed by atoms with Crippen molar-refractivity contribution in [1.82, 2.24) is 9.47 Å². The summed E-state index contributed by atoms with van der Waals surface area (Å²) in [6.45, 7) is 7.23. The first-order chi connectivity index (χ1) is 11.4. The third-order valence-electron chi connectivity index (χ3n) is 5.66. The minimum Gasteiger partial charge on any atom is -0.381 e. The first kappa shape index (κ1) is 15.7. The summed E-state index contributed by atoms with van der Waals surface area (Å²) in [5.74, 6) is 1.57. The molecular formula is C19H30N2O2. The van der Waals surface area contributed by atoms with Crippen LogP contribution in [0, 0.1) is 11.8 Å². The molecule has 0 aromatic carbocycles. The van der Waals surface area contributed by atoms with E-state index in [1.165, 1.54) is 44.3 Å². The molecule has 3 aliphatic rings. The van der Waals surface area contributed by atoms with Crippen molar-refractivity contribution in [2.75, 3.05) is 33.0 Å². The zero-order valence-corrected chi connectivity index (χ0v) is 14.2. The van der Waals surface area contributed by atoms with Crippen LogP contribution in [0.15, 0.2) is 18.3 Å². The fraction of sp³-hybridized carbons (Fsp3) is 0.789. The maximum absolute atomic E-state index is 5.90. The molecule has 23 heavy (non-hydrogen) atoms. The SMILES string of the molecule is c1cc2n(c1)C[C@H](CCOCC1CC1)CN(C1CCOCC1)C2. The maximum Gasteiger partial charge on any atom is 0.0494 e. The van der Waals surface area contributed by atoms with Gasteiger partial charge in [0.1, 0.15) is 0 Å². The van der Waals surface area contributed by atoms with E-state index in [1.54, 1.807) is 0 Å². The molecule has 3 heterocycles. The lowest BCUT2D eigenvalue weighted by Gasteiger charge is -2.34. The van der Waals surface area contributed by atoms with Crippen molar-refractivity contribution < 1.29 is 9.47 Å². The fourth-order valence-corrected chi connectivity index (χ4v) is 4.01. The van der Waals surface area contributed by atoms with Gasteiger partial charge in [0.25, 0.3) is 0 Å². The number of fused-ring (bicyclic) bond motifs is 1. The van der Waals surface area contributed by atoms with Crippen LogP contribution >= 0.6 is 0 Å². The van der Waals surface area contributed by atoms with Gasteiger partial charge in [0.05, 0.1) is 0 Å². The Hall–Kier alpha value is -0.840. The van der Waals surface area contributed by atoms with Crippen LogP contribution in [-0.2, 0) is 22.6 Å². The summed E-state index contributed by atoms with van der Waals surface area (Å²) in [4.78, 5) is 2.72. The van der Waals surface area contributed by atoms with Crippen LogP contribution in [0.4, 0.5) is 0 Å². The molecule has 0 radical (unpaired) electrons. The van der Waals surface area contributed by atoms with Crippen LogP contribution in [0.1, 0.15) is 37.8 Å². The standard InChI is InChI=1S/C19H30N2O2/c1-2-19-14-21(18-6-10-22-11-7-18)13-17(12-20(19)8-1)5-9-23-15-16-3-4-16/h1-2,8,16-18H,3-7,9-15H2/t17-/m0/s1. The maximum atomic E-state index is 5.90. The van der Waals surface area contributed by atoms with Gasteiger partial charge < -0.3 is 14.0 Å². The molecule has 1 saturated heterocycles. The summed E-state index contributed by atoms with van der Waals surface area (Å²) in [5, 5.41) is 0. The lowest BCUT2D eigenvalue weighted by molar-refractivity contribution is 0.0232. The molecule has 1 aromatic heterocycles. The largest absolute Gasteiger partial charge is 0.381 e. The number of hydrogen-bond donors (Lipinski definition) is 0. The first-order valence-corrected chi connectivity index (χ1v) is 9.42. The lowest BCUT2D eigenvalue weighted by Crippen LogP contribution is -2.41. The number of ether oxygens (including phenoxy) is 2. The van der Waals surface area contributed by atoms with E-state index >= 15 is 0 Å². The average Bonchev–Trinajstić information content (AvgIpc) is 3.34. The minimum absolute atomic E-state index is 0.695. The summed E-state index contributed by atoms with van der Waals surface area (Å²) in [6, 6.07) is 5.18. The molecule has 4 rings (SSSR count). The van der Waals surface area contributed by atoms with Crippen LogP contribution < -0.4 is 0 Å². The van der Waals surface area contributed by atoms with Crippen molar-refractivity contribution in [2.24, 2.45) is 11.8 Å². The third-order valence-corrected chi connectivity index (χ3v) is 5.66. The molecule has 4 heteroatoms. The Morgan fingerprint density at radius 1 is 1.09 bits per heavy atom. The molecule has 2 fully saturated rings. The highest BCUT2D eigenvalue weighted by Crippen LogP contribution is 2.29. The van der Waals surface area contributed by atoms with Gasteiger partial charge in [-0.3, -0.25) is 4.90 Å². The molecule has 1 saturated carbocycles. The zero-order chi connectivity index (χ0) is 15.5. The molecule has 0 amide bonds. The summed E-state index contributed by atoms with van der Waals surface area (Å²) >= 11 is 0. The van der Waals surface area contributed by atoms with Gasteiger partial charge in [-0.2, -0.15) is 0 Å². The van der Waals surface area contributed by atoms with Gasteiger partial charge in [-0.1, -0.05) is 0 Å². The Morgan fingerprint density at radius 3 is 2.78 bits per heavy atom. The quantitative estimate of drug-likeness (QED) is 0.755. The molecule has 4 nitrogen and oxygen atoms in total. The van der Waals surface area contributed by atoms with Crippen LogP contribution in [-0.4, -0.2) is 48.5 Å². The van der Waals surface area contributed by atoms with Crippen molar-refractivity contribution in [2.45, 2.75) is 51.2 Å². The molecule has 1 aromatic rings. The fourth-order valence-electron chi connectivity index (χ4n) is 4.01. The highest BCUT2D eigenvalue weighted by molar-refractivity contribution is 5.09. The Balaban J connectivity index is 1.36. The number of hydrogen-bond acceptors (Lipinski definition) is 3. The predicted octanol–water partition coefficient (Wildman–Crippen LogP) is 2.92. The number of nitrogens with zero attached hydrogens (tertiary/aromatic N) is 2. The molecule has 0 unspecified atom stereocenters. The van der Waals surface area contributed by atoms with Gasteiger partial charge >= 0.3 is 0 Å². The highest BCUT2D eigenvalue weighted by Gasteiger charge is 2.28. The molecule has 0 bridgehead atoms. The van der Waals surface area contributed by atoms with Crippen molar-refractivity contribution in [3.63, 3.8) is 0 Å². The summed E-state index contributed by atoms with van der Waals surface area (Å²) in [6.07, 6.45) is 8.57. The molecule has 1 aliphatic carbocycles. The van der Waals surface area contributed by atoms with Crippen molar-refractivity contribution >= 4 is 0 Å². The lowest BCUT2D eigenvalue weighted by atomic mass is 10.0. The van der Waals surface area contributed by atoms with Crippen molar-refractivity contribution in [1.29, 1.82) is 0 Å². The molecule has 0 spiro atoms. The first-order valence-electron chi connectivity index (χ1n) is 9.42. The van der Waals surface area contributed by atoms with Crippen molar-refractivity contribution in [3.8, 4) is 0 Å². The Bertz CT molecular complexity index is 491. The monoisotopic (exact) mass is 318 g/mol. The molecule has 1 atom stereocenters. The highest BCUT2D eigenvalue weighted by atomic mass is 16.5. The predicted molar refractivity (Wildman–Crippen MR) is 90.3 cm³/mol. The van der Waals surface area contributed by atoms with E-state index in [1.807, 2.05) is 0 Å². The topological polar surface area (TPSA) is 26.6 Å². The van der Waals surface area contributed by atoms with E-state index in [4.69, 9.17) is 9.47 Å². The van der Waals surface area contributed by atoms with Gasteiger partial charge in [-0.15, -0.1) is 0 Å². The normalized spacial score (nSPS) is 26.9. The van der Waals surface area contributed by atoms with E-state index in [-0.39, 0.29) is 0 Å². The van der Waals surface area contributed by atoms with E-state index in [0.717, 1.165) is 45.4 Å². The summed E-state index contributed by atoms with van der Waals surface area (Å²) in [5.41, 5.74) is 1.47. The van der Waals surface area contributed by atoms with E-state index < -0.39 is 0 Å². The minimum atomic E-state index is 0.695. The van der Waals surface area contributed by atoms with Gasteiger partial charge in [0, 0.05) is 64.0 Å². The smallest absolute Gasteiger partial charge is 0.0494 e. The Labute approximate surface area is 139 Å². The summed E-state index contributed by atoms with van der Waals surface area (Å²) < 4.78 is 13.9. The second-order valence-electron chi connectivity index (χ2n) is 7.60. The van der Waals surface area contributed by atoms with Gasteiger partial charge in [-0.25, -0.2) is 0 Å². The van der Waals surface area contributed by atoms with Crippen LogP contribution in [0.25, 0.3) is 0 Å². The van der Waals surface area contributed by atoms with E-state index in [0.29, 0.717) is 12.0 Å². The van der Waals surface area contributed by atoms with Gasteiger partial charge in [0.2, 0.25) is 0 Å². The van der Waals surface area contributed by atoms with Crippen LogP contribution in [0.2, 0.25) is 0 Å². The van der Waals surface area contributed by atoms with E-state index in [9.17, 15) is 0 Å². The average molecular weight is 318 g/mol. The van der Waals surface area contributed by atoms with Crippen LogP contribution in [0.5, 0.6) is 0 Å². The van der Waals surface area contributed by atoms with Gasteiger partial charge in [-0.05, 0) is 56.1 Å².